The molecule has 2 aromatic heterocycles. The monoisotopic (exact) mass is 715 g/mol. The van der Waals surface area contributed by atoms with Gasteiger partial charge in [0.25, 0.3) is 0 Å². The fourth-order valence-corrected chi connectivity index (χ4v) is 9.81. The topological polar surface area (TPSA) is 48.6 Å². The second-order valence-corrected chi connectivity index (χ2v) is 18.5. The van der Waals surface area contributed by atoms with E-state index in [-0.39, 0.29) is 22.0 Å². The van der Waals surface area contributed by atoms with Gasteiger partial charge in [-0.25, -0.2) is 9.98 Å². The molecule has 5 heteroatoms. The minimum Gasteiger partial charge on any atom is -0.469 e. The fourth-order valence-electron chi connectivity index (χ4n) is 9.81. The molecule has 0 amide bonds. The van der Waals surface area contributed by atoms with Crippen LogP contribution in [-0.4, -0.2) is 26.6 Å². The lowest BCUT2D eigenvalue weighted by Crippen LogP contribution is -2.49. The van der Waals surface area contributed by atoms with Gasteiger partial charge in [-0.2, -0.15) is 0 Å². The number of ether oxygens (including phenoxy) is 2. The third-order valence-electron chi connectivity index (χ3n) is 13.1. The molecule has 0 spiro atoms. The van der Waals surface area contributed by atoms with E-state index in [1.807, 2.05) is 6.20 Å². The molecule has 2 aliphatic heterocycles. The first kappa shape index (κ1) is 34.8. The summed E-state index contributed by atoms with van der Waals surface area (Å²) >= 11 is 0. The first-order chi connectivity index (χ1) is 25.5. The predicted molar refractivity (Wildman–Crippen MR) is 223 cm³/mol. The number of hydrogen-bond donors (Lipinski definition) is 0. The molecule has 5 nitrogen and oxygen atoms in total. The molecule has 0 radical (unpaired) electrons. The van der Waals surface area contributed by atoms with E-state index in [1.54, 1.807) is 0 Å². The van der Waals surface area contributed by atoms with Crippen molar-refractivity contribution < 1.29 is 9.47 Å². The normalized spacial score (nSPS) is 21.5. The van der Waals surface area contributed by atoms with Crippen molar-refractivity contribution in [3.8, 4) is 28.3 Å². The molecule has 4 heterocycles. The zero-order valence-corrected chi connectivity index (χ0v) is 33.9. The number of aryl methyl sites for hydroxylation is 4. The summed E-state index contributed by atoms with van der Waals surface area (Å²) in [5, 5.41) is 2.43. The maximum absolute atomic E-state index is 7.07. The number of aromatic nitrogens is 2. The van der Waals surface area contributed by atoms with E-state index >= 15 is 0 Å². The average molecular weight is 716 g/mol. The number of pyridine rings is 1. The van der Waals surface area contributed by atoms with Crippen LogP contribution >= 0.6 is 0 Å². The second-order valence-electron chi connectivity index (χ2n) is 18.5. The summed E-state index contributed by atoms with van der Waals surface area (Å²) in [4.78, 5) is 10.3. The van der Waals surface area contributed by atoms with Crippen molar-refractivity contribution in [2.75, 3.05) is 0 Å². The Labute approximate surface area is 320 Å². The number of nitrogens with zero attached hydrogens (tertiary/aromatic N) is 3. The molecule has 0 saturated heterocycles. The Morgan fingerprint density at radius 1 is 0.759 bits per heavy atom. The SMILES string of the molecule is Cc1cc(C)c(-c2cc(Oc3cc4c(cc3C)C(C)(C)c3cc(C(C)(C)C)cc5c6cccnc6n-4c35)cc(C3=N[C@]4(C)CCCC[C@]4(C)O3)c2)c(C)c1. The zero-order valence-electron chi connectivity index (χ0n) is 33.9. The lowest BCUT2D eigenvalue weighted by Gasteiger charge is -2.41. The predicted octanol–water partition coefficient (Wildman–Crippen LogP) is 12.7. The van der Waals surface area contributed by atoms with Crippen molar-refractivity contribution in [1.82, 2.24) is 9.55 Å². The van der Waals surface area contributed by atoms with E-state index in [0.717, 1.165) is 58.3 Å². The maximum Gasteiger partial charge on any atom is 0.217 e. The molecule has 6 aromatic rings. The van der Waals surface area contributed by atoms with Crippen LogP contribution in [0.25, 0.3) is 38.8 Å². The fraction of sp³-hybridized carbons (Fsp3) is 0.388. The Morgan fingerprint density at radius 2 is 1.48 bits per heavy atom. The van der Waals surface area contributed by atoms with Crippen LogP contribution in [0.5, 0.6) is 11.5 Å². The summed E-state index contributed by atoms with van der Waals surface area (Å²) in [5.41, 5.74) is 14.6. The standard InChI is InChI=1S/C49H53N3O2/c1-28-19-30(3)42(31(4)20-28)32-22-33(45-51-48(10)16-12-13-17-49(48,11)54-45)24-35(23-32)53-41-27-40-38(21-29(41)2)47(8,9)39-26-34(46(5,6)7)25-37-36-15-14-18-50-44(36)52(40)43(37)39/h14-15,18-27H,12-13,16-17H2,1-11H3/t48-,49+/m1/s1. The van der Waals surface area contributed by atoms with Crippen LogP contribution in [-0.2, 0) is 15.6 Å². The van der Waals surface area contributed by atoms with Crippen LogP contribution in [0.2, 0.25) is 0 Å². The van der Waals surface area contributed by atoms with Crippen molar-refractivity contribution in [3.63, 3.8) is 0 Å². The highest BCUT2D eigenvalue weighted by Crippen LogP contribution is 2.51. The molecule has 4 aromatic carbocycles. The minimum atomic E-state index is -0.308. The van der Waals surface area contributed by atoms with Crippen LogP contribution < -0.4 is 4.74 Å². The van der Waals surface area contributed by atoms with Crippen molar-refractivity contribution in [3.05, 3.63) is 117 Å². The largest absolute Gasteiger partial charge is 0.469 e. The molecule has 1 fully saturated rings. The summed E-state index contributed by atoms with van der Waals surface area (Å²) in [6.45, 7) is 24.9. The van der Waals surface area contributed by atoms with Gasteiger partial charge >= 0.3 is 0 Å². The van der Waals surface area contributed by atoms with Gasteiger partial charge in [0.15, 0.2) is 0 Å². The van der Waals surface area contributed by atoms with Gasteiger partial charge in [-0.1, -0.05) is 64.8 Å². The van der Waals surface area contributed by atoms with Gasteiger partial charge in [0.05, 0.1) is 11.2 Å². The molecule has 276 valence electrons. The van der Waals surface area contributed by atoms with Crippen LogP contribution in [0.1, 0.15) is 119 Å². The Kier molecular flexibility index (Phi) is 7.45. The van der Waals surface area contributed by atoms with Crippen molar-refractivity contribution in [2.45, 2.75) is 124 Å². The molecular formula is C49H53N3O2. The van der Waals surface area contributed by atoms with Crippen LogP contribution in [0, 0.1) is 27.7 Å². The van der Waals surface area contributed by atoms with Crippen LogP contribution in [0.3, 0.4) is 0 Å². The van der Waals surface area contributed by atoms with E-state index < -0.39 is 0 Å². The molecule has 1 saturated carbocycles. The van der Waals surface area contributed by atoms with Crippen molar-refractivity contribution in [2.24, 2.45) is 4.99 Å². The van der Waals surface area contributed by atoms with Gasteiger partial charge in [-0.05, 0) is 153 Å². The molecule has 54 heavy (non-hydrogen) atoms. The molecule has 2 atom stereocenters. The summed E-state index contributed by atoms with van der Waals surface area (Å²) in [6.07, 6.45) is 6.30. The Morgan fingerprint density at radius 3 is 2.20 bits per heavy atom. The van der Waals surface area contributed by atoms with E-state index in [1.165, 1.54) is 68.1 Å². The van der Waals surface area contributed by atoms with Gasteiger partial charge in [0.1, 0.15) is 28.3 Å². The Balaban J connectivity index is 1.23. The van der Waals surface area contributed by atoms with Gasteiger partial charge < -0.3 is 9.47 Å². The molecule has 0 bridgehead atoms. The van der Waals surface area contributed by atoms with Crippen molar-refractivity contribution >= 4 is 27.8 Å². The number of benzene rings is 4. The molecule has 0 N–H and O–H groups in total. The van der Waals surface area contributed by atoms with Crippen LogP contribution in [0.4, 0.5) is 0 Å². The minimum absolute atomic E-state index is 0.0108. The highest BCUT2D eigenvalue weighted by atomic mass is 16.5. The molecule has 9 rings (SSSR count). The third kappa shape index (κ3) is 5.10. The second kappa shape index (κ2) is 11.6. The maximum atomic E-state index is 7.07. The summed E-state index contributed by atoms with van der Waals surface area (Å²) in [6, 6.07) is 24.8. The molecule has 0 unspecified atom stereocenters. The van der Waals surface area contributed by atoms with Gasteiger partial charge in [-0.3, -0.25) is 4.57 Å². The van der Waals surface area contributed by atoms with Gasteiger partial charge in [0.2, 0.25) is 5.90 Å². The number of aliphatic imine (C=N–C) groups is 1. The van der Waals surface area contributed by atoms with E-state index in [9.17, 15) is 0 Å². The molecule has 3 aliphatic rings. The summed E-state index contributed by atoms with van der Waals surface area (Å²) < 4.78 is 16.3. The summed E-state index contributed by atoms with van der Waals surface area (Å²) in [5.74, 6) is 2.32. The van der Waals surface area contributed by atoms with E-state index in [0.29, 0.717) is 0 Å². The van der Waals surface area contributed by atoms with E-state index in [4.69, 9.17) is 19.5 Å². The quantitative estimate of drug-likeness (QED) is 0.183. The lowest BCUT2D eigenvalue weighted by molar-refractivity contribution is 0.000928. The Bertz CT molecular complexity index is 2580. The Hall–Kier alpha value is -4.90. The number of rotatable bonds is 4. The number of fused-ring (bicyclic) bond motifs is 6. The van der Waals surface area contributed by atoms with Crippen LogP contribution in [0.15, 0.2) is 77.9 Å². The van der Waals surface area contributed by atoms with E-state index in [2.05, 4.69) is 147 Å². The third-order valence-corrected chi connectivity index (χ3v) is 13.1. The average Bonchev–Trinajstić information content (AvgIpc) is 3.58. The smallest absolute Gasteiger partial charge is 0.217 e. The highest BCUT2D eigenvalue weighted by molar-refractivity contribution is 6.10. The van der Waals surface area contributed by atoms with Gasteiger partial charge in [-0.15, -0.1) is 0 Å². The van der Waals surface area contributed by atoms with Crippen molar-refractivity contribution in [1.29, 1.82) is 0 Å². The van der Waals surface area contributed by atoms with Gasteiger partial charge in [0, 0.05) is 34.0 Å². The summed E-state index contributed by atoms with van der Waals surface area (Å²) in [7, 11) is 0. The first-order valence-electron chi connectivity index (χ1n) is 19.8. The zero-order chi connectivity index (χ0) is 38.1. The first-order valence-corrected chi connectivity index (χ1v) is 19.8. The highest BCUT2D eigenvalue weighted by Gasteiger charge is 2.53. The number of hydrogen-bond acceptors (Lipinski definition) is 4. The molecule has 1 aliphatic carbocycles. The molecular weight excluding hydrogens is 663 g/mol. The lowest BCUT2D eigenvalue weighted by atomic mass is 9.72.